The Hall–Kier alpha value is -1.36. The molecule has 1 aromatic rings. The van der Waals surface area contributed by atoms with Crippen molar-refractivity contribution in [2.75, 3.05) is 13.2 Å². The van der Waals surface area contributed by atoms with Gasteiger partial charge in [-0.1, -0.05) is 27.7 Å². The summed E-state index contributed by atoms with van der Waals surface area (Å²) in [6.45, 7) is 10.0. The summed E-state index contributed by atoms with van der Waals surface area (Å²) in [5.41, 5.74) is 1.64. The molecule has 2 heterocycles. The lowest BCUT2D eigenvalue weighted by Crippen LogP contribution is -2.38. The van der Waals surface area contributed by atoms with Gasteiger partial charge in [0.05, 0.1) is 17.4 Å². The Kier molecular flexibility index (Phi) is 4.71. The molecule has 0 radical (unpaired) electrons. The summed E-state index contributed by atoms with van der Waals surface area (Å²) < 4.78 is 7.55. The quantitative estimate of drug-likeness (QED) is 0.925. The topological polar surface area (TPSA) is 56.2 Å². The van der Waals surface area contributed by atoms with Crippen molar-refractivity contribution < 1.29 is 9.53 Å². The van der Waals surface area contributed by atoms with Crippen molar-refractivity contribution in [3.05, 3.63) is 17.5 Å². The van der Waals surface area contributed by atoms with Crippen LogP contribution in [0.2, 0.25) is 0 Å². The fraction of sp³-hybridized carbons (Fsp3) is 0.750. The Bertz CT molecular complexity index is 502. The molecular weight excluding hydrogens is 266 g/mol. The molecule has 1 saturated heterocycles. The van der Waals surface area contributed by atoms with Gasteiger partial charge in [-0.05, 0) is 18.3 Å². The first-order valence-electron chi connectivity index (χ1n) is 7.75. The van der Waals surface area contributed by atoms with Crippen LogP contribution >= 0.6 is 0 Å². The van der Waals surface area contributed by atoms with Crippen LogP contribution in [0.3, 0.4) is 0 Å². The van der Waals surface area contributed by atoms with Crippen molar-refractivity contribution in [1.82, 2.24) is 15.1 Å². The zero-order chi connectivity index (χ0) is 15.6. The highest BCUT2D eigenvalue weighted by atomic mass is 16.5. The molecule has 1 fully saturated rings. The molecule has 1 aliphatic heterocycles. The van der Waals surface area contributed by atoms with Crippen LogP contribution < -0.4 is 5.32 Å². The van der Waals surface area contributed by atoms with Crippen LogP contribution in [0.5, 0.6) is 0 Å². The molecule has 0 unspecified atom stereocenters. The Morgan fingerprint density at radius 2 is 2.24 bits per heavy atom. The van der Waals surface area contributed by atoms with E-state index in [2.05, 4.69) is 31.2 Å². The molecule has 2 atom stereocenters. The van der Waals surface area contributed by atoms with E-state index >= 15 is 0 Å². The number of amides is 1. The summed E-state index contributed by atoms with van der Waals surface area (Å²) in [4.78, 5) is 12.3. The molecule has 2 rings (SSSR count). The van der Waals surface area contributed by atoms with Gasteiger partial charge in [-0.3, -0.25) is 9.48 Å². The third kappa shape index (κ3) is 3.64. The maximum atomic E-state index is 12.3. The van der Waals surface area contributed by atoms with Gasteiger partial charge in [0.25, 0.3) is 5.91 Å². The molecule has 0 spiro atoms. The van der Waals surface area contributed by atoms with Gasteiger partial charge >= 0.3 is 0 Å². The van der Waals surface area contributed by atoms with Gasteiger partial charge in [0.2, 0.25) is 0 Å². The van der Waals surface area contributed by atoms with Gasteiger partial charge in [-0.2, -0.15) is 5.10 Å². The van der Waals surface area contributed by atoms with E-state index in [1.165, 1.54) is 0 Å². The summed E-state index contributed by atoms with van der Waals surface area (Å²) in [5, 5.41) is 7.37. The maximum Gasteiger partial charge on any atom is 0.254 e. The largest absolute Gasteiger partial charge is 0.377 e. The van der Waals surface area contributed by atoms with Crippen molar-refractivity contribution >= 4 is 5.91 Å². The van der Waals surface area contributed by atoms with Gasteiger partial charge in [0.1, 0.15) is 0 Å². The highest BCUT2D eigenvalue weighted by molar-refractivity contribution is 5.95. The number of rotatable bonds is 4. The Morgan fingerprint density at radius 3 is 2.86 bits per heavy atom. The van der Waals surface area contributed by atoms with E-state index in [0.717, 1.165) is 25.1 Å². The highest BCUT2D eigenvalue weighted by Gasteiger charge is 2.37. The van der Waals surface area contributed by atoms with Crippen molar-refractivity contribution in [3.63, 3.8) is 0 Å². The number of aryl methyl sites for hydroxylation is 2. The Labute approximate surface area is 127 Å². The minimum absolute atomic E-state index is 0.0282. The van der Waals surface area contributed by atoms with Crippen molar-refractivity contribution in [2.45, 2.75) is 46.6 Å². The molecule has 5 nitrogen and oxygen atoms in total. The zero-order valence-electron chi connectivity index (χ0n) is 13.8. The third-order valence-electron chi connectivity index (χ3n) is 4.08. The van der Waals surface area contributed by atoms with Crippen LogP contribution in [0.1, 0.15) is 50.2 Å². The summed E-state index contributed by atoms with van der Waals surface area (Å²) in [5.74, 6) is 0.357. The molecule has 118 valence electrons. The molecule has 5 heteroatoms. The fourth-order valence-electron chi connectivity index (χ4n) is 3.10. The lowest BCUT2D eigenvalue weighted by atomic mass is 9.81. The first-order chi connectivity index (χ1) is 9.82. The number of ether oxygens (including phenoxy) is 1. The van der Waals surface area contributed by atoms with E-state index in [1.807, 2.05) is 14.0 Å². The molecule has 0 bridgehead atoms. The highest BCUT2D eigenvalue weighted by Crippen LogP contribution is 2.34. The number of hydrogen-bond acceptors (Lipinski definition) is 3. The number of carbonyl (C=O) groups excluding carboxylic acids is 1. The molecule has 0 aromatic carbocycles. The van der Waals surface area contributed by atoms with E-state index in [0.29, 0.717) is 18.0 Å². The van der Waals surface area contributed by atoms with Crippen LogP contribution in [-0.4, -0.2) is 34.9 Å². The summed E-state index contributed by atoms with van der Waals surface area (Å²) in [7, 11) is 1.84. The number of nitrogens with one attached hydrogen (secondary N) is 1. The predicted octanol–water partition coefficient (Wildman–Crippen LogP) is 2.16. The second kappa shape index (κ2) is 6.18. The lowest BCUT2D eigenvalue weighted by molar-refractivity contribution is 0.00737. The average molecular weight is 293 g/mol. The monoisotopic (exact) mass is 293 g/mol. The number of hydrogen-bond donors (Lipinski definition) is 1. The minimum Gasteiger partial charge on any atom is -0.377 e. The van der Waals surface area contributed by atoms with Gasteiger partial charge in [-0.25, -0.2) is 0 Å². The summed E-state index contributed by atoms with van der Waals surface area (Å²) in [6, 6.07) is 0. The molecule has 1 aromatic heterocycles. The van der Waals surface area contributed by atoms with Gasteiger partial charge < -0.3 is 10.1 Å². The number of nitrogens with zero attached hydrogens (tertiary/aromatic N) is 2. The molecule has 1 N–H and O–H groups in total. The first-order valence-corrected chi connectivity index (χ1v) is 7.75. The van der Waals surface area contributed by atoms with Gasteiger partial charge in [0.15, 0.2) is 0 Å². The third-order valence-corrected chi connectivity index (χ3v) is 4.08. The molecule has 0 aliphatic carbocycles. The average Bonchev–Trinajstić information content (AvgIpc) is 3.01. The van der Waals surface area contributed by atoms with Crippen LogP contribution in [-0.2, 0) is 18.2 Å². The van der Waals surface area contributed by atoms with Crippen LogP contribution in [0, 0.1) is 11.3 Å². The SMILES string of the molecule is CCc1nn(C)cc1C(=O)NC[C@H]1CCO[C@@H]1C(C)(C)C. The second-order valence-corrected chi connectivity index (χ2v) is 6.93. The predicted molar refractivity (Wildman–Crippen MR) is 82.2 cm³/mol. The van der Waals surface area contributed by atoms with E-state index in [9.17, 15) is 4.79 Å². The van der Waals surface area contributed by atoms with Gasteiger partial charge in [0, 0.05) is 32.3 Å². The van der Waals surface area contributed by atoms with Crippen LogP contribution in [0.15, 0.2) is 6.20 Å². The molecule has 0 saturated carbocycles. The standard InChI is InChI=1S/C16H27N3O2/c1-6-13-12(10-19(5)18-13)15(20)17-9-11-7-8-21-14(11)16(2,3)4/h10-11,14H,6-9H2,1-5H3,(H,17,20)/t11-,14+/m1/s1. The Morgan fingerprint density at radius 1 is 1.52 bits per heavy atom. The van der Waals surface area contributed by atoms with E-state index in [4.69, 9.17) is 4.74 Å². The molecule has 1 amide bonds. The normalized spacial score (nSPS) is 22.5. The number of carbonyl (C=O) groups is 1. The minimum atomic E-state index is -0.0282. The summed E-state index contributed by atoms with van der Waals surface area (Å²) >= 11 is 0. The molecular formula is C16H27N3O2. The van der Waals surface area contributed by atoms with Gasteiger partial charge in [-0.15, -0.1) is 0 Å². The van der Waals surface area contributed by atoms with Crippen molar-refractivity contribution in [1.29, 1.82) is 0 Å². The van der Waals surface area contributed by atoms with Crippen molar-refractivity contribution in [2.24, 2.45) is 18.4 Å². The van der Waals surface area contributed by atoms with Crippen LogP contribution in [0.25, 0.3) is 0 Å². The Balaban J connectivity index is 1.98. The van der Waals surface area contributed by atoms with E-state index in [1.54, 1.807) is 10.9 Å². The number of aromatic nitrogens is 2. The maximum absolute atomic E-state index is 12.3. The summed E-state index contributed by atoms with van der Waals surface area (Å²) in [6.07, 6.45) is 3.77. The second-order valence-electron chi connectivity index (χ2n) is 6.93. The molecule has 1 aliphatic rings. The first kappa shape index (κ1) is 16.0. The van der Waals surface area contributed by atoms with Crippen molar-refractivity contribution in [3.8, 4) is 0 Å². The zero-order valence-corrected chi connectivity index (χ0v) is 13.8. The molecule has 21 heavy (non-hydrogen) atoms. The fourth-order valence-corrected chi connectivity index (χ4v) is 3.10. The van der Waals surface area contributed by atoms with Crippen LogP contribution in [0.4, 0.5) is 0 Å². The lowest BCUT2D eigenvalue weighted by Gasteiger charge is -2.31. The smallest absolute Gasteiger partial charge is 0.254 e. The van der Waals surface area contributed by atoms with E-state index < -0.39 is 0 Å². The van der Waals surface area contributed by atoms with E-state index in [-0.39, 0.29) is 17.4 Å².